The van der Waals surface area contributed by atoms with Gasteiger partial charge in [0.25, 0.3) is 0 Å². The third-order valence-corrected chi connectivity index (χ3v) is 2.56. The van der Waals surface area contributed by atoms with Crippen molar-refractivity contribution < 1.29 is 5.11 Å². The monoisotopic (exact) mass is 172 g/mol. The van der Waals surface area contributed by atoms with E-state index in [1.165, 1.54) is 5.56 Å². The molecule has 0 bridgehead atoms. The zero-order chi connectivity index (χ0) is 8.10. The van der Waals surface area contributed by atoms with E-state index in [2.05, 4.69) is 10.2 Å². The van der Waals surface area contributed by atoms with Crippen LogP contribution in [0.15, 0.2) is 12.4 Å². The van der Waals surface area contributed by atoms with Crippen LogP contribution in [-0.4, -0.2) is 27.2 Å². The molecule has 0 saturated heterocycles. The van der Waals surface area contributed by atoms with E-state index in [-0.39, 0.29) is 6.61 Å². The second-order valence-corrected chi connectivity index (χ2v) is 3.84. The van der Waals surface area contributed by atoms with E-state index in [1.54, 1.807) is 18.0 Å². The molecule has 1 unspecified atom stereocenters. The molecule has 0 radical (unpaired) electrons. The highest BCUT2D eigenvalue weighted by Gasteiger charge is 2.00. The van der Waals surface area contributed by atoms with Gasteiger partial charge in [0.15, 0.2) is 0 Å². The second-order valence-electron chi connectivity index (χ2n) is 2.41. The van der Waals surface area contributed by atoms with E-state index < -0.39 is 0 Å². The highest BCUT2D eigenvalue weighted by Crippen LogP contribution is 2.15. The molecule has 0 aliphatic rings. The lowest BCUT2D eigenvalue weighted by Crippen LogP contribution is -2.01. The van der Waals surface area contributed by atoms with Crippen LogP contribution >= 0.6 is 11.8 Å². The maximum Gasteiger partial charge on any atom is 0.0547 e. The average Bonchev–Trinajstić information content (AvgIpc) is 2.52. The first kappa shape index (κ1) is 8.62. The Morgan fingerprint density at radius 3 is 3.18 bits per heavy atom. The first-order chi connectivity index (χ1) is 5.33. The number of hydrogen-bond donors (Lipinski definition) is 2. The summed E-state index contributed by atoms with van der Waals surface area (Å²) in [4.78, 5) is 0. The van der Waals surface area contributed by atoms with E-state index in [1.807, 2.05) is 13.1 Å². The van der Waals surface area contributed by atoms with Crippen molar-refractivity contribution in [3.63, 3.8) is 0 Å². The van der Waals surface area contributed by atoms with Crippen LogP contribution in [0.1, 0.15) is 12.5 Å². The number of aliphatic hydroxyl groups excluding tert-OH is 1. The fourth-order valence-corrected chi connectivity index (χ4v) is 1.39. The van der Waals surface area contributed by atoms with Gasteiger partial charge in [-0.3, -0.25) is 5.10 Å². The van der Waals surface area contributed by atoms with Crippen molar-refractivity contribution in [2.24, 2.45) is 0 Å². The molecular weight excluding hydrogens is 160 g/mol. The van der Waals surface area contributed by atoms with E-state index in [9.17, 15) is 0 Å². The molecule has 0 aromatic carbocycles. The second kappa shape index (κ2) is 4.41. The lowest BCUT2D eigenvalue weighted by atomic mass is 10.4. The molecule has 0 aliphatic heterocycles. The summed E-state index contributed by atoms with van der Waals surface area (Å²) in [6.45, 7) is 2.24. The number of aliphatic hydroxyl groups is 1. The highest BCUT2D eigenvalue weighted by atomic mass is 32.2. The van der Waals surface area contributed by atoms with E-state index in [0.29, 0.717) is 5.25 Å². The van der Waals surface area contributed by atoms with Gasteiger partial charge in [-0.05, 0) is 5.56 Å². The Hall–Kier alpha value is -0.480. The van der Waals surface area contributed by atoms with Gasteiger partial charge < -0.3 is 5.11 Å². The number of thioether (sulfide) groups is 1. The standard InChI is InChI=1S/C7H12N2OS/c1-6(4-10)11-5-7-2-8-9-3-7/h2-3,6,10H,4-5H2,1H3,(H,8,9). The van der Waals surface area contributed by atoms with Crippen LogP contribution in [0.5, 0.6) is 0 Å². The zero-order valence-electron chi connectivity index (χ0n) is 6.45. The smallest absolute Gasteiger partial charge is 0.0547 e. The van der Waals surface area contributed by atoms with Crippen molar-refractivity contribution in [2.45, 2.75) is 17.9 Å². The minimum absolute atomic E-state index is 0.239. The molecular formula is C7H12N2OS. The first-order valence-corrected chi connectivity index (χ1v) is 4.58. The largest absolute Gasteiger partial charge is 0.395 e. The van der Waals surface area contributed by atoms with Crippen LogP contribution < -0.4 is 0 Å². The summed E-state index contributed by atoms with van der Waals surface area (Å²) < 4.78 is 0. The van der Waals surface area contributed by atoms with Crippen LogP contribution in [0.2, 0.25) is 0 Å². The van der Waals surface area contributed by atoms with Crippen molar-refractivity contribution in [3.05, 3.63) is 18.0 Å². The molecule has 1 heterocycles. The Bertz CT molecular complexity index is 188. The van der Waals surface area contributed by atoms with Crippen LogP contribution in [0.3, 0.4) is 0 Å². The maximum absolute atomic E-state index is 8.72. The van der Waals surface area contributed by atoms with Crippen molar-refractivity contribution in [1.82, 2.24) is 10.2 Å². The van der Waals surface area contributed by atoms with Crippen LogP contribution in [0.25, 0.3) is 0 Å². The molecule has 1 aromatic rings. The van der Waals surface area contributed by atoms with Crippen LogP contribution in [-0.2, 0) is 5.75 Å². The van der Waals surface area contributed by atoms with Crippen LogP contribution in [0.4, 0.5) is 0 Å². The van der Waals surface area contributed by atoms with Crippen molar-refractivity contribution in [3.8, 4) is 0 Å². The molecule has 1 atom stereocenters. The summed E-state index contributed by atoms with van der Waals surface area (Å²) in [5, 5.41) is 15.6. The predicted octanol–water partition coefficient (Wildman–Crippen LogP) is 1.02. The maximum atomic E-state index is 8.72. The molecule has 0 saturated carbocycles. The Balaban J connectivity index is 2.23. The first-order valence-electron chi connectivity index (χ1n) is 3.53. The lowest BCUT2D eigenvalue weighted by Gasteiger charge is -2.04. The van der Waals surface area contributed by atoms with E-state index in [0.717, 1.165) is 5.75 Å². The summed E-state index contributed by atoms with van der Waals surface area (Å²) in [5.41, 5.74) is 1.18. The number of rotatable bonds is 4. The third kappa shape index (κ3) is 2.95. The summed E-state index contributed by atoms with van der Waals surface area (Å²) in [6, 6.07) is 0. The summed E-state index contributed by atoms with van der Waals surface area (Å²) in [7, 11) is 0. The minimum atomic E-state index is 0.239. The van der Waals surface area contributed by atoms with Gasteiger partial charge in [-0.15, -0.1) is 0 Å². The molecule has 4 heteroatoms. The average molecular weight is 172 g/mol. The number of aromatic nitrogens is 2. The fraction of sp³-hybridized carbons (Fsp3) is 0.571. The Morgan fingerprint density at radius 1 is 1.82 bits per heavy atom. The molecule has 62 valence electrons. The summed E-state index contributed by atoms with van der Waals surface area (Å²) in [5.74, 6) is 0.915. The molecule has 3 nitrogen and oxygen atoms in total. The molecule has 1 aromatic heterocycles. The Morgan fingerprint density at radius 2 is 2.64 bits per heavy atom. The van der Waals surface area contributed by atoms with Crippen LogP contribution in [0, 0.1) is 0 Å². The van der Waals surface area contributed by atoms with Gasteiger partial charge in [0, 0.05) is 17.2 Å². The number of nitrogens with one attached hydrogen (secondary N) is 1. The van der Waals surface area contributed by atoms with Gasteiger partial charge in [0.05, 0.1) is 12.8 Å². The van der Waals surface area contributed by atoms with Gasteiger partial charge in [0.2, 0.25) is 0 Å². The molecule has 0 spiro atoms. The molecule has 2 N–H and O–H groups in total. The van der Waals surface area contributed by atoms with Crippen molar-refractivity contribution in [1.29, 1.82) is 0 Å². The minimum Gasteiger partial charge on any atom is -0.395 e. The van der Waals surface area contributed by atoms with Gasteiger partial charge in [0.1, 0.15) is 0 Å². The van der Waals surface area contributed by atoms with Crippen molar-refractivity contribution in [2.75, 3.05) is 6.61 Å². The molecule has 0 fully saturated rings. The predicted molar refractivity (Wildman–Crippen MR) is 46.4 cm³/mol. The Kier molecular flexibility index (Phi) is 3.45. The number of H-pyrrole nitrogens is 1. The van der Waals surface area contributed by atoms with E-state index >= 15 is 0 Å². The molecule has 0 amide bonds. The topological polar surface area (TPSA) is 48.9 Å². The van der Waals surface area contributed by atoms with Gasteiger partial charge in [-0.2, -0.15) is 16.9 Å². The van der Waals surface area contributed by atoms with Gasteiger partial charge in [-0.25, -0.2) is 0 Å². The van der Waals surface area contributed by atoms with Gasteiger partial charge in [-0.1, -0.05) is 6.92 Å². The number of hydrogen-bond acceptors (Lipinski definition) is 3. The third-order valence-electron chi connectivity index (χ3n) is 1.35. The number of aromatic amines is 1. The summed E-state index contributed by atoms with van der Waals surface area (Å²) in [6.07, 6.45) is 3.67. The quantitative estimate of drug-likeness (QED) is 0.713. The lowest BCUT2D eigenvalue weighted by molar-refractivity contribution is 0.300. The zero-order valence-corrected chi connectivity index (χ0v) is 7.27. The van der Waals surface area contributed by atoms with Gasteiger partial charge >= 0.3 is 0 Å². The molecule has 1 rings (SSSR count). The molecule has 0 aliphatic carbocycles. The molecule has 11 heavy (non-hydrogen) atoms. The number of nitrogens with zero attached hydrogens (tertiary/aromatic N) is 1. The Labute approximate surface area is 70.2 Å². The normalized spacial score (nSPS) is 13.3. The summed E-state index contributed by atoms with van der Waals surface area (Å²) >= 11 is 1.72. The SMILES string of the molecule is CC(CO)SCc1cn[nH]c1. The van der Waals surface area contributed by atoms with E-state index in [4.69, 9.17) is 5.11 Å². The van der Waals surface area contributed by atoms with Crippen molar-refractivity contribution >= 4 is 11.8 Å². The highest BCUT2D eigenvalue weighted by molar-refractivity contribution is 7.99. The fourth-order valence-electron chi connectivity index (χ4n) is 0.648.